The number of benzene rings is 1. The number of nitrogens with zero attached hydrogens (tertiary/aromatic N) is 1. The van der Waals surface area contributed by atoms with Gasteiger partial charge in [0.05, 0.1) is 24.0 Å². The van der Waals surface area contributed by atoms with Crippen molar-refractivity contribution in [2.24, 2.45) is 0 Å². The molecule has 3 rings (SSSR count). The van der Waals surface area contributed by atoms with Crippen molar-refractivity contribution in [3.05, 3.63) is 59.7 Å². The van der Waals surface area contributed by atoms with Gasteiger partial charge in [-0.15, -0.1) is 0 Å². The standard InChI is InChI=1S/C17H19FN2O/c1-2-19-17(16-9-6-13(18)11-20-16)12-4-3-5-15(10-12)21-14-7-8-14/h3-6,9-11,14,17,19H,2,7-8H2,1H3. The van der Waals surface area contributed by atoms with Crippen molar-refractivity contribution in [3.8, 4) is 5.75 Å². The fourth-order valence-electron chi connectivity index (χ4n) is 2.30. The maximum atomic E-state index is 13.0. The number of nitrogens with one attached hydrogen (secondary N) is 1. The van der Waals surface area contributed by atoms with Gasteiger partial charge in [0.15, 0.2) is 0 Å². The molecule has 0 saturated heterocycles. The third kappa shape index (κ3) is 3.58. The van der Waals surface area contributed by atoms with E-state index in [0.717, 1.165) is 36.4 Å². The highest BCUT2D eigenvalue weighted by Crippen LogP contribution is 2.29. The molecular formula is C17H19FN2O. The van der Waals surface area contributed by atoms with E-state index in [0.29, 0.717) is 6.10 Å². The minimum Gasteiger partial charge on any atom is -0.490 e. The van der Waals surface area contributed by atoms with Crippen molar-refractivity contribution in [1.82, 2.24) is 10.3 Å². The fourth-order valence-corrected chi connectivity index (χ4v) is 2.30. The van der Waals surface area contributed by atoms with Crippen LogP contribution in [0.4, 0.5) is 4.39 Å². The van der Waals surface area contributed by atoms with Gasteiger partial charge in [0, 0.05) is 0 Å². The first kappa shape index (κ1) is 14.0. The van der Waals surface area contributed by atoms with Crippen LogP contribution in [0.15, 0.2) is 42.6 Å². The predicted molar refractivity (Wildman–Crippen MR) is 79.8 cm³/mol. The zero-order chi connectivity index (χ0) is 14.7. The molecule has 0 amide bonds. The number of pyridine rings is 1. The molecule has 1 aromatic heterocycles. The van der Waals surface area contributed by atoms with E-state index in [1.54, 1.807) is 6.07 Å². The van der Waals surface area contributed by atoms with Crippen LogP contribution in [0.2, 0.25) is 0 Å². The normalized spacial score (nSPS) is 15.7. The molecule has 1 aliphatic rings. The summed E-state index contributed by atoms with van der Waals surface area (Å²) in [6.07, 6.45) is 3.91. The average molecular weight is 286 g/mol. The Morgan fingerprint density at radius 3 is 2.86 bits per heavy atom. The van der Waals surface area contributed by atoms with Crippen molar-refractivity contribution >= 4 is 0 Å². The van der Waals surface area contributed by atoms with Crippen LogP contribution in [0.5, 0.6) is 5.75 Å². The summed E-state index contributed by atoms with van der Waals surface area (Å²) in [5, 5.41) is 3.39. The molecule has 0 bridgehead atoms. The van der Waals surface area contributed by atoms with E-state index in [2.05, 4.69) is 10.3 Å². The molecule has 0 spiro atoms. The van der Waals surface area contributed by atoms with Gasteiger partial charge in [0.2, 0.25) is 0 Å². The van der Waals surface area contributed by atoms with Crippen LogP contribution in [0.3, 0.4) is 0 Å². The molecule has 1 aliphatic carbocycles. The number of halogens is 1. The molecule has 1 saturated carbocycles. The third-order valence-corrected chi connectivity index (χ3v) is 3.47. The summed E-state index contributed by atoms with van der Waals surface area (Å²) in [6.45, 7) is 2.85. The lowest BCUT2D eigenvalue weighted by molar-refractivity contribution is 0.302. The van der Waals surface area contributed by atoms with Gasteiger partial charge in [0.25, 0.3) is 0 Å². The van der Waals surface area contributed by atoms with E-state index in [9.17, 15) is 4.39 Å². The largest absolute Gasteiger partial charge is 0.490 e. The molecule has 110 valence electrons. The number of aromatic nitrogens is 1. The summed E-state index contributed by atoms with van der Waals surface area (Å²) in [5.41, 5.74) is 1.89. The highest BCUT2D eigenvalue weighted by molar-refractivity contribution is 5.35. The Bertz CT molecular complexity index is 596. The molecule has 1 unspecified atom stereocenters. The Hall–Kier alpha value is -1.94. The lowest BCUT2D eigenvalue weighted by Crippen LogP contribution is -2.23. The molecule has 0 aliphatic heterocycles. The van der Waals surface area contributed by atoms with Crippen LogP contribution in [-0.4, -0.2) is 17.6 Å². The Morgan fingerprint density at radius 2 is 2.19 bits per heavy atom. The SMILES string of the molecule is CCNC(c1cccc(OC2CC2)c1)c1ccc(F)cn1. The monoisotopic (exact) mass is 286 g/mol. The molecule has 4 heteroatoms. The number of hydrogen-bond donors (Lipinski definition) is 1. The highest BCUT2D eigenvalue weighted by Gasteiger charge is 2.24. The second-order valence-electron chi connectivity index (χ2n) is 5.28. The zero-order valence-electron chi connectivity index (χ0n) is 12.1. The summed E-state index contributed by atoms with van der Waals surface area (Å²) in [6, 6.07) is 11.1. The molecule has 1 aromatic carbocycles. The van der Waals surface area contributed by atoms with Crippen molar-refractivity contribution < 1.29 is 9.13 Å². The molecular weight excluding hydrogens is 267 g/mol. The minimum absolute atomic E-state index is 0.0571. The number of rotatable bonds is 6. The van der Waals surface area contributed by atoms with Gasteiger partial charge in [-0.25, -0.2) is 4.39 Å². The van der Waals surface area contributed by atoms with Gasteiger partial charge in [-0.2, -0.15) is 0 Å². The summed E-state index contributed by atoms with van der Waals surface area (Å²) in [4.78, 5) is 4.20. The maximum absolute atomic E-state index is 13.0. The van der Waals surface area contributed by atoms with Gasteiger partial charge < -0.3 is 10.1 Å². The van der Waals surface area contributed by atoms with E-state index in [4.69, 9.17) is 4.74 Å². The summed E-state index contributed by atoms with van der Waals surface area (Å²) in [7, 11) is 0. The van der Waals surface area contributed by atoms with Crippen LogP contribution in [-0.2, 0) is 0 Å². The maximum Gasteiger partial charge on any atom is 0.141 e. The molecule has 1 atom stereocenters. The van der Waals surface area contributed by atoms with E-state index in [1.807, 2.05) is 31.2 Å². The van der Waals surface area contributed by atoms with E-state index < -0.39 is 0 Å². The summed E-state index contributed by atoms with van der Waals surface area (Å²) >= 11 is 0. The fraction of sp³-hybridized carbons (Fsp3) is 0.353. The van der Waals surface area contributed by atoms with Crippen LogP contribution in [0.25, 0.3) is 0 Å². The van der Waals surface area contributed by atoms with Gasteiger partial charge in [-0.1, -0.05) is 19.1 Å². The smallest absolute Gasteiger partial charge is 0.141 e. The molecule has 1 N–H and O–H groups in total. The van der Waals surface area contributed by atoms with Crippen molar-refractivity contribution in [2.45, 2.75) is 31.9 Å². The topological polar surface area (TPSA) is 34.1 Å². The van der Waals surface area contributed by atoms with Gasteiger partial charge in [-0.05, 0) is 49.2 Å². The van der Waals surface area contributed by atoms with E-state index in [1.165, 1.54) is 12.3 Å². The molecule has 21 heavy (non-hydrogen) atoms. The average Bonchev–Trinajstić information content (AvgIpc) is 3.30. The van der Waals surface area contributed by atoms with Crippen molar-refractivity contribution in [3.63, 3.8) is 0 Å². The van der Waals surface area contributed by atoms with E-state index >= 15 is 0 Å². The Kier molecular flexibility index (Phi) is 4.15. The minimum atomic E-state index is -0.320. The second kappa shape index (κ2) is 6.22. The summed E-state index contributed by atoms with van der Waals surface area (Å²) < 4.78 is 18.9. The third-order valence-electron chi connectivity index (χ3n) is 3.47. The number of hydrogen-bond acceptors (Lipinski definition) is 3. The van der Waals surface area contributed by atoms with Gasteiger partial charge >= 0.3 is 0 Å². The van der Waals surface area contributed by atoms with Gasteiger partial charge in [0.1, 0.15) is 11.6 Å². The van der Waals surface area contributed by atoms with Gasteiger partial charge in [-0.3, -0.25) is 4.98 Å². The van der Waals surface area contributed by atoms with Crippen LogP contribution >= 0.6 is 0 Å². The quantitative estimate of drug-likeness (QED) is 0.883. The lowest BCUT2D eigenvalue weighted by Gasteiger charge is -2.18. The Morgan fingerprint density at radius 1 is 1.33 bits per heavy atom. The van der Waals surface area contributed by atoms with Crippen molar-refractivity contribution in [2.75, 3.05) is 6.54 Å². The molecule has 2 aromatic rings. The second-order valence-corrected chi connectivity index (χ2v) is 5.28. The van der Waals surface area contributed by atoms with Crippen LogP contribution in [0.1, 0.15) is 37.1 Å². The Labute approximate surface area is 124 Å². The Balaban J connectivity index is 1.86. The lowest BCUT2D eigenvalue weighted by atomic mass is 10.0. The molecule has 1 heterocycles. The number of ether oxygens (including phenoxy) is 1. The summed E-state index contributed by atoms with van der Waals surface area (Å²) in [5.74, 6) is 0.569. The van der Waals surface area contributed by atoms with Crippen LogP contribution in [0, 0.1) is 5.82 Å². The first-order chi connectivity index (χ1) is 10.3. The zero-order valence-corrected chi connectivity index (χ0v) is 12.1. The first-order valence-corrected chi connectivity index (χ1v) is 7.37. The van der Waals surface area contributed by atoms with Crippen molar-refractivity contribution in [1.29, 1.82) is 0 Å². The predicted octanol–water partition coefficient (Wildman–Crippen LogP) is 3.46. The van der Waals surface area contributed by atoms with Crippen LogP contribution < -0.4 is 10.1 Å². The molecule has 3 nitrogen and oxygen atoms in total. The first-order valence-electron chi connectivity index (χ1n) is 7.37. The molecule has 0 radical (unpaired) electrons. The van der Waals surface area contributed by atoms with E-state index in [-0.39, 0.29) is 11.9 Å². The molecule has 1 fully saturated rings. The highest BCUT2D eigenvalue weighted by atomic mass is 19.1.